The molecule has 21 aromatic carbocycles. The number of benzene rings is 18. The zero-order valence-corrected chi connectivity index (χ0v) is 75.6. The van der Waals surface area contributed by atoms with Crippen LogP contribution >= 0.6 is 0 Å². The topological polar surface area (TPSA) is 152 Å². The first-order valence-corrected chi connectivity index (χ1v) is 45.3. The van der Waals surface area contributed by atoms with Gasteiger partial charge in [-0.2, -0.15) is 0 Å². The molecule has 0 unspecified atom stereocenters. The Morgan fingerprint density at radius 3 is 0.720 bits per heavy atom. The number of aromatic hydroxyl groups is 2. The van der Waals surface area contributed by atoms with Gasteiger partial charge in [-0.05, 0) is 321 Å². The summed E-state index contributed by atoms with van der Waals surface area (Å²) in [6.45, 7) is 29.4. The summed E-state index contributed by atoms with van der Waals surface area (Å²) in [4.78, 5) is 67.7. The summed E-state index contributed by atoms with van der Waals surface area (Å²) in [6, 6.07) is 80.0. The van der Waals surface area contributed by atoms with E-state index in [1.807, 2.05) is 116 Å². The van der Waals surface area contributed by atoms with E-state index in [0.29, 0.717) is 123 Å². The maximum Gasteiger partial charge on any atom is 0.266 e. The number of anilines is 2. The van der Waals surface area contributed by atoms with Crippen molar-refractivity contribution in [3.63, 3.8) is 0 Å². The Morgan fingerprint density at radius 2 is 0.492 bits per heavy atom. The van der Waals surface area contributed by atoms with E-state index < -0.39 is 23.6 Å². The average Bonchev–Trinajstić information content (AvgIpc) is 1.22. The largest absolute Gasteiger partial charge is 0.508 e. The molecule has 21 aromatic rings. The van der Waals surface area contributed by atoms with Crippen LogP contribution in [0.4, 0.5) is 11.4 Å². The van der Waals surface area contributed by atoms with Crippen LogP contribution in [0.5, 0.6) is 57.5 Å². The van der Waals surface area contributed by atoms with Gasteiger partial charge in [0.2, 0.25) is 0 Å². The van der Waals surface area contributed by atoms with E-state index in [4.69, 9.17) is 31.8 Å². The number of carbonyl (C=O) groups excluding carboxylic acids is 4. The van der Waals surface area contributed by atoms with E-state index >= 15 is 19.2 Å². The summed E-state index contributed by atoms with van der Waals surface area (Å²) in [6.07, 6.45) is 12.3. The summed E-state index contributed by atoms with van der Waals surface area (Å²) in [7, 11) is 0. The fourth-order valence-electron chi connectivity index (χ4n) is 21.5. The molecule has 0 bridgehead atoms. The van der Waals surface area contributed by atoms with Crippen LogP contribution in [-0.2, 0) is 10.8 Å². The number of imide groups is 2. The summed E-state index contributed by atoms with van der Waals surface area (Å²) in [5, 5.41) is 46.4. The molecule has 2 heterocycles. The molecule has 0 aliphatic carbocycles. The van der Waals surface area contributed by atoms with Crippen LogP contribution in [0.1, 0.15) is 207 Å². The molecule has 132 heavy (non-hydrogen) atoms. The number of carbonyl (C=O) groups is 4. The van der Waals surface area contributed by atoms with Crippen LogP contribution in [0.2, 0.25) is 0 Å². The SMILES string of the molecule is C#Cc1cc(C(C)C)c(N2C(=O)c3cc(Oc4ccc(O)cc4)c4c5ccc6c7cc8ccc9cc%10c(cc9ccc8cc7c7ccc(c8c(Oc9ccc(C(C)(C)C)cc9)cc(c3c48)C2=O)c5c67)c2ccc3c4c(Oc5ccc(C(C)(C)C)cc5)cc5c6c(cc(Oc7ccc(O)cc7)c(c7ccc%10c2c73)c64)C(=O)N(c2c(C(C)C)cc(C#C)cc2C(C)C)C5=O)c(C(C)C)c1. The Balaban J connectivity index is 0.730. The molecule has 0 saturated carbocycles. The second-order valence-corrected chi connectivity index (χ2v) is 39.3. The van der Waals surface area contributed by atoms with Crippen molar-refractivity contribution >= 4 is 186 Å². The van der Waals surface area contributed by atoms with Crippen molar-refractivity contribution in [1.82, 2.24) is 0 Å². The Kier molecular flexibility index (Phi) is 17.7. The highest BCUT2D eigenvalue weighted by Crippen LogP contribution is 2.59. The molecule has 12 heteroatoms. The second-order valence-electron chi connectivity index (χ2n) is 39.3. The van der Waals surface area contributed by atoms with E-state index in [-0.39, 0.29) is 57.1 Å². The minimum Gasteiger partial charge on any atom is -0.508 e. The predicted octanol–water partition coefficient (Wildman–Crippen LogP) is 31.4. The van der Waals surface area contributed by atoms with Crippen molar-refractivity contribution in [2.45, 2.75) is 131 Å². The molecule has 2 aliphatic heterocycles. The van der Waals surface area contributed by atoms with Gasteiger partial charge in [0.05, 0.1) is 33.6 Å². The highest BCUT2D eigenvalue weighted by molar-refractivity contribution is 6.50. The molecular formula is C120H90N2O10. The van der Waals surface area contributed by atoms with E-state index in [1.54, 1.807) is 60.7 Å². The van der Waals surface area contributed by atoms with Crippen molar-refractivity contribution in [3.05, 3.63) is 309 Å². The second kappa shape index (κ2) is 28.9. The van der Waals surface area contributed by atoms with Gasteiger partial charge < -0.3 is 29.2 Å². The third-order valence-corrected chi connectivity index (χ3v) is 27.9. The highest BCUT2D eigenvalue weighted by Gasteiger charge is 2.44. The van der Waals surface area contributed by atoms with E-state index in [1.165, 1.54) is 9.80 Å². The van der Waals surface area contributed by atoms with Gasteiger partial charge in [-0.15, -0.1) is 12.8 Å². The zero-order valence-electron chi connectivity index (χ0n) is 75.6. The van der Waals surface area contributed by atoms with Crippen LogP contribution in [0.15, 0.2) is 243 Å². The van der Waals surface area contributed by atoms with Crippen LogP contribution in [0.3, 0.4) is 0 Å². The predicted molar refractivity (Wildman–Crippen MR) is 539 cm³/mol. The Morgan fingerprint density at radius 1 is 0.265 bits per heavy atom. The average molecular weight is 1720 g/mol. The number of nitrogens with zero attached hydrogens (tertiary/aromatic N) is 2. The summed E-state index contributed by atoms with van der Waals surface area (Å²) in [5.41, 5.74) is 8.55. The first kappa shape index (κ1) is 80.8. The number of rotatable bonds is 14. The molecule has 2 N–H and O–H groups in total. The number of hydrogen-bond donors (Lipinski definition) is 2. The van der Waals surface area contributed by atoms with E-state index in [2.05, 4.69) is 175 Å². The fraction of sp³-hybridized carbons (Fsp3) is 0.167. The number of phenols is 2. The number of hydrogen-bond acceptors (Lipinski definition) is 10. The first-order chi connectivity index (χ1) is 63.4. The van der Waals surface area contributed by atoms with Crippen molar-refractivity contribution in [3.8, 4) is 82.2 Å². The summed E-state index contributed by atoms with van der Waals surface area (Å²) < 4.78 is 28.9. The van der Waals surface area contributed by atoms with Gasteiger partial charge in [0.15, 0.2) is 0 Å². The molecule has 0 atom stereocenters. The third-order valence-electron chi connectivity index (χ3n) is 27.9. The lowest BCUT2D eigenvalue weighted by molar-refractivity contribution is 0.0877. The van der Waals surface area contributed by atoms with Gasteiger partial charge in [-0.25, -0.2) is 9.80 Å². The number of amides is 4. The van der Waals surface area contributed by atoms with Crippen molar-refractivity contribution in [2.24, 2.45) is 0 Å². The standard InChI is InChI=1S/C120H90N2O10/c1-17-63-47-85(59(3)4)113(86(48-63)60(5)6)121-115(125)93-55-97(129-73-31-23-69(24-32-73)119(11,12)13)107-81-43-39-77-89-51-65-19-20-66-52-90-78-40-44-82-104-84(46-42-80(102(78)104)92(90)54-68(66)22-21-67(65)53-91(89)79-41-45-83(103(81)101(77)79)109-99(131-75-35-27-71(123)28-36-75)57-95(117(121)127)105(93)111(107)109)110-100(132-76-37-29-72(124)30-38-76)58-96-106-94(56-98(108(82)112(106)110)130-74-33-25-70(26-34-74)120(14,15)16)116(126)122(118(96)128)114-87(61(7)8)49-64(18-2)50-88(114)62(9)10/h1-2,19-62,123-124H,3-16H3. The number of terminal acetylenes is 2. The van der Waals surface area contributed by atoms with E-state index in [9.17, 15) is 10.2 Å². The minimum atomic E-state index is -0.500. The lowest BCUT2D eigenvalue weighted by Gasteiger charge is -2.33. The molecule has 0 aromatic heterocycles. The molecule has 0 fully saturated rings. The van der Waals surface area contributed by atoms with Crippen LogP contribution in [-0.4, -0.2) is 33.8 Å². The van der Waals surface area contributed by atoms with Gasteiger partial charge in [0.25, 0.3) is 23.6 Å². The van der Waals surface area contributed by atoms with Crippen LogP contribution in [0.25, 0.3) is 151 Å². The van der Waals surface area contributed by atoms with Gasteiger partial charge in [-0.1, -0.05) is 206 Å². The smallest absolute Gasteiger partial charge is 0.266 e. The fourth-order valence-corrected chi connectivity index (χ4v) is 21.5. The van der Waals surface area contributed by atoms with Gasteiger partial charge in [0, 0.05) is 54.2 Å². The molecule has 0 radical (unpaired) electrons. The normalized spacial score (nSPS) is 13.4. The van der Waals surface area contributed by atoms with Crippen molar-refractivity contribution in [2.75, 3.05) is 9.80 Å². The van der Waals surface area contributed by atoms with E-state index in [0.717, 1.165) is 141 Å². The lowest BCUT2D eigenvalue weighted by Crippen LogP contribution is -2.42. The summed E-state index contributed by atoms with van der Waals surface area (Å²) >= 11 is 0. The molecule has 0 saturated heterocycles. The summed E-state index contributed by atoms with van der Waals surface area (Å²) in [5.74, 6) is 6.89. The Hall–Kier alpha value is -15.8. The van der Waals surface area contributed by atoms with Gasteiger partial charge in [0.1, 0.15) is 57.5 Å². The molecule has 4 amide bonds. The Bertz CT molecular complexity index is 8160. The third kappa shape index (κ3) is 11.9. The molecular weight excluding hydrogens is 1630 g/mol. The molecule has 0 spiro atoms. The number of ether oxygens (including phenoxy) is 4. The van der Waals surface area contributed by atoms with Gasteiger partial charge >= 0.3 is 0 Å². The zero-order chi connectivity index (χ0) is 91.3. The first-order valence-electron chi connectivity index (χ1n) is 45.3. The monoisotopic (exact) mass is 1720 g/mol. The number of phenolic OH excluding ortho intramolecular Hbond substituents is 2. The maximum absolute atomic E-state index is 16.3. The Labute approximate surface area is 762 Å². The van der Waals surface area contributed by atoms with Crippen molar-refractivity contribution < 1.29 is 48.3 Å². The maximum atomic E-state index is 16.3. The van der Waals surface area contributed by atoms with Crippen molar-refractivity contribution in [1.29, 1.82) is 0 Å². The molecule has 23 rings (SSSR count). The number of fused-ring (bicyclic) bond motifs is 12. The highest BCUT2D eigenvalue weighted by atomic mass is 16.5. The van der Waals surface area contributed by atoms with Crippen LogP contribution in [0, 0.1) is 24.7 Å². The van der Waals surface area contributed by atoms with Crippen LogP contribution < -0.4 is 28.7 Å². The van der Waals surface area contributed by atoms with Gasteiger partial charge in [-0.3, -0.25) is 19.2 Å². The molecule has 640 valence electrons. The minimum absolute atomic E-state index is 0.0634. The molecule has 2 aliphatic rings. The quantitative estimate of drug-likeness (QED) is 0.0466. The lowest BCUT2D eigenvalue weighted by atomic mass is 9.82. The molecule has 12 nitrogen and oxygen atoms in total.